The smallest absolute Gasteiger partial charge is 0.358 e. The molecule has 6 aliphatic rings. The highest BCUT2D eigenvalue weighted by atomic mass is 127. The van der Waals surface area contributed by atoms with Crippen molar-refractivity contribution in [2.45, 2.75) is 166 Å². The molecule has 1 unspecified atom stereocenters. The molecular formula is C54H79IN12O25+2. The molecule has 0 radical (unpaired) electrons. The van der Waals surface area contributed by atoms with Crippen LogP contribution in [0.1, 0.15) is 24.0 Å². The van der Waals surface area contributed by atoms with E-state index in [2.05, 4.69) is 46.9 Å². The SMILES string of the molecule is C[C@H](c1ccccc1)[C@H]1N=C([O-])C[NH+]=C(O)C(CO)NC(=O)[C@@H]([C@H](O)[C@@H]2CNC(N)=[N+]2[C@@H]2O[C@@H](CO)[C@H](O)[C@H](O)[C@@H]2O)NC(=O)[C@H]([C@H](O)[C@@H]2C[NH+]=C(N)N2)NC(=O)[C@@H](Cc2ccc(O[C@H]3O[C@H](CO)[C@@H](O[C@@H]4O[C@@H](CO)[C@H](O)[C@H](O)[C@@H]4O)[C@@H](O)[C@H]3O)c(I)c2)NC1=O. The van der Waals surface area contributed by atoms with E-state index in [0.717, 1.165) is 4.58 Å². The minimum absolute atomic E-state index is 0.0373. The fourth-order valence-electron chi connectivity index (χ4n) is 11.3. The van der Waals surface area contributed by atoms with Gasteiger partial charge >= 0.3 is 17.8 Å². The normalized spacial score (nSPS) is 37.3. The molecule has 0 aromatic heterocycles. The van der Waals surface area contributed by atoms with Crippen molar-refractivity contribution < 1.29 is 139 Å². The molecule has 510 valence electrons. The number of aliphatic hydroxyl groups is 15. The number of benzene rings is 2. The molecule has 2 aromatic carbocycles. The Labute approximate surface area is 536 Å². The lowest BCUT2D eigenvalue weighted by molar-refractivity contribution is -0.663. The Balaban J connectivity index is 1.14. The first-order valence-corrected chi connectivity index (χ1v) is 30.2. The number of halogens is 1. The zero-order chi connectivity index (χ0) is 67.2. The van der Waals surface area contributed by atoms with Gasteiger partial charge in [0, 0.05) is 18.2 Å². The Morgan fingerprint density at radius 3 is 1.92 bits per heavy atom. The van der Waals surface area contributed by atoms with Crippen LogP contribution in [0.15, 0.2) is 53.5 Å². The van der Waals surface area contributed by atoms with Gasteiger partial charge in [-0.05, 0) is 45.9 Å². The Morgan fingerprint density at radius 1 is 0.696 bits per heavy atom. The number of hydrogen-bond acceptors (Lipinski definition) is 29. The monoisotopic (exact) mass is 1420 g/mol. The minimum atomic E-state index is -2.30. The minimum Gasteiger partial charge on any atom is -0.858 e. The molecule has 0 bridgehead atoms. The van der Waals surface area contributed by atoms with E-state index in [0.29, 0.717) is 5.56 Å². The number of aliphatic hydroxyl groups excluding tert-OH is 15. The average molecular weight is 1420 g/mol. The number of nitrogens with two attached hydrogens (primary N) is 2. The number of hydrogen-bond donors (Lipinski definition) is 25. The lowest BCUT2D eigenvalue weighted by atomic mass is 9.92. The second-order valence-corrected chi connectivity index (χ2v) is 23.9. The standard InChI is InChI=1S/C54H77IN12O25/c1-18(20-5-3-2-4-6-20)31-47(85)61-22(10-19-7-8-26(21(55)9-19)89-51-43(82)40(79)44(29(17-71)91-51)92-52-42(81)39(78)37(76)28(16-70)90-52)46(84)65-32(34(73)23-11-59-53(56)63-23)49(87)66-33(48(86)62-24(14-68)45(83)58-13-30(72)64-31)35(74)25-12-60-54(57)67(25)50-41(80)38(77)36(75)27(15-69)88-50/h2-9,18,22-25,27-29,31-44,50-52,68-71,73-82H,10-17H2,1H3,(H11,56,57,58,59,60,61,62,63,64,65,66,72,83,84,85,86,87)/p+2/t18-,22-,23+,24?,25+,27+,28+,29-,31-,32+,33-,34-,35-,36+,37+,38+,39+,40+,41+,42+,43-,44-,50-,51+,52+/m1/s1. The summed E-state index contributed by atoms with van der Waals surface area (Å²) in [6, 6.07) is -0.167. The van der Waals surface area contributed by atoms with Crippen molar-refractivity contribution in [3.63, 3.8) is 0 Å². The third kappa shape index (κ3) is 15.9. The summed E-state index contributed by atoms with van der Waals surface area (Å²) in [5.74, 6) is -8.52. The molecule has 0 aliphatic carbocycles. The van der Waals surface area contributed by atoms with Crippen LogP contribution >= 0.6 is 22.6 Å². The Morgan fingerprint density at radius 2 is 1.29 bits per heavy atom. The largest absolute Gasteiger partial charge is 0.858 e. The van der Waals surface area contributed by atoms with E-state index in [1.807, 2.05) is 22.6 Å². The maximum absolute atomic E-state index is 15.2. The van der Waals surface area contributed by atoms with Crippen molar-refractivity contribution in [3.05, 3.63) is 63.2 Å². The molecule has 25 atom stereocenters. The molecule has 0 spiro atoms. The maximum Gasteiger partial charge on any atom is 0.358 e. The van der Waals surface area contributed by atoms with E-state index in [1.165, 1.54) is 18.2 Å². The summed E-state index contributed by atoms with van der Waals surface area (Å²) in [6.07, 6.45) is -31.5. The summed E-state index contributed by atoms with van der Waals surface area (Å²) in [4.78, 5) is 69.1. The summed E-state index contributed by atoms with van der Waals surface area (Å²) in [6.45, 7) is -3.63. The molecule has 6 heterocycles. The number of carbonyl (C=O) groups excluding carboxylic acids is 4. The summed E-state index contributed by atoms with van der Waals surface area (Å²) in [7, 11) is 0. The molecule has 3 saturated heterocycles. The fraction of sp³-hybridized carbons (Fsp3) is 0.630. The second kappa shape index (κ2) is 31.2. The van der Waals surface area contributed by atoms with Gasteiger partial charge in [0.2, 0.25) is 36.1 Å². The van der Waals surface area contributed by atoms with E-state index in [-0.39, 0.29) is 33.3 Å². The van der Waals surface area contributed by atoms with Crippen LogP contribution in [0, 0.1) is 3.57 Å². The van der Waals surface area contributed by atoms with Crippen LogP contribution in [0.3, 0.4) is 0 Å². The predicted molar refractivity (Wildman–Crippen MR) is 313 cm³/mol. The Bertz CT molecular complexity index is 3030. The quantitative estimate of drug-likeness (QED) is 0.0516. The number of carbonyl (C=O) groups is 4. The van der Waals surface area contributed by atoms with E-state index in [1.54, 1.807) is 37.3 Å². The first-order valence-electron chi connectivity index (χ1n) is 29.1. The number of ether oxygens (including phenoxy) is 5. The average Bonchev–Trinajstić information content (AvgIpc) is 1.43. The highest BCUT2D eigenvalue weighted by molar-refractivity contribution is 14.1. The molecule has 2 aromatic rings. The Hall–Kier alpha value is -6.39. The highest BCUT2D eigenvalue weighted by Gasteiger charge is 2.55. The molecule has 27 N–H and O–H groups in total. The van der Waals surface area contributed by atoms with E-state index < -0.39 is 234 Å². The number of guanidine groups is 2. The van der Waals surface area contributed by atoms with Crippen molar-refractivity contribution in [3.8, 4) is 5.75 Å². The summed E-state index contributed by atoms with van der Waals surface area (Å²) in [5.41, 5.74) is 13.0. The molecule has 92 heavy (non-hydrogen) atoms. The van der Waals surface area contributed by atoms with Gasteiger partial charge < -0.3 is 127 Å². The third-order valence-corrected chi connectivity index (χ3v) is 17.5. The molecule has 4 amide bonds. The summed E-state index contributed by atoms with van der Waals surface area (Å²) in [5, 5.41) is 191. The maximum atomic E-state index is 15.2. The molecule has 8 rings (SSSR count). The van der Waals surface area contributed by atoms with Gasteiger partial charge in [-0.15, -0.1) is 0 Å². The van der Waals surface area contributed by atoms with Crippen LogP contribution < -0.4 is 63.2 Å². The van der Waals surface area contributed by atoms with Crippen molar-refractivity contribution in [1.29, 1.82) is 0 Å². The summed E-state index contributed by atoms with van der Waals surface area (Å²) < 4.78 is 29.7. The third-order valence-electron chi connectivity index (χ3n) is 16.6. The van der Waals surface area contributed by atoms with Crippen molar-refractivity contribution in [2.75, 3.05) is 46.1 Å². The van der Waals surface area contributed by atoms with Crippen molar-refractivity contribution >= 4 is 69.9 Å². The van der Waals surface area contributed by atoms with Crippen LogP contribution in [-0.4, -0.2) is 321 Å². The van der Waals surface area contributed by atoms with Gasteiger partial charge in [0.15, 0.2) is 18.9 Å². The van der Waals surface area contributed by atoms with E-state index >= 15 is 9.59 Å². The van der Waals surface area contributed by atoms with Gasteiger partial charge in [-0.25, -0.2) is 9.57 Å². The van der Waals surface area contributed by atoms with Gasteiger partial charge in [0.1, 0.15) is 134 Å². The number of aliphatic imine (C=N–C) groups is 1. The van der Waals surface area contributed by atoms with Crippen LogP contribution in [0.25, 0.3) is 0 Å². The predicted octanol–water partition coefficient (Wildman–Crippen LogP) is -17.1. The number of rotatable bonds is 17. The zero-order valence-corrected chi connectivity index (χ0v) is 51.1. The first kappa shape index (κ1) is 71.5. The molecule has 6 aliphatic heterocycles. The van der Waals surface area contributed by atoms with Crippen LogP contribution in [0.4, 0.5) is 0 Å². The fourth-order valence-corrected chi connectivity index (χ4v) is 12.0. The molecular weight excluding hydrogens is 1340 g/mol. The van der Waals surface area contributed by atoms with Crippen LogP contribution in [0.5, 0.6) is 5.75 Å². The van der Waals surface area contributed by atoms with Crippen molar-refractivity contribution in [2.24, 2.45) is 16.5 Å². The lowest BCUT2D eigenvalue weighted by Crippen LogP contribution is -2.80. The highest BCUT2D eigenvalue weighted by Crippen LogP contribution is 2.33. The van der Waals surface area contributed by atoms with Gasteiger partial charge in [-0.1, -0.05) is 43.3 Å². The zero-order valence-electron chi connectivity index (χ0n) is 48.9. The van der Waals surface area contributed by atoms with E-state index in [4.69, 9.17) is 35.2 Å². The lowest BCUT2D eigenvalue weighted by Gasteiger charge is -2.45. The van der Waals surface area contributed by atoms with Crippen molar-refractivity contribution in [1.82, 2.24) is 31.9 Å². The number of amides is 4. The first-order chi connectivity index (χ1) is 43.7. The molecule has 3 fully saturated rings. The molecule has 38 heteroatoms. The second-order valence-electron chi connectivity index (χ2n) is 22.8. The van der Waals surface area contributed by atoms with Gasteiger partial charge in [0.05, 0.1) is 36.5 Å². The van der Waals surface area contributed by atoms with Gasteiger partial charge in [-0.3, -0.25) is 51.3 Å². The topological polar surface area (TPSA) is 608 Å². The van der Waals surface area contributed by atoms with Crippen LogP contribution in [-0.2, 0) is 44.5 Å². The number of nitrogens with zero attached hydrogens (tertiary/aromatic N) is 2. The Kier molecular flexibility index (Phi) is 24.3. The molecule has 0 saturated carbocycles. The molecule has 37 nitrogen and oxygen atoms in total. The summed E-state index contributed by atoms with van der Waals surface area (Å²) >= 11 is 1.81. The van der Waals surface area contributed by atoms with E-state index in [9.17, 15) is 91.3 Å². The van der Waals surface area contributed by atoms with Crippen LogP contribution in [0.2, 0.25) is 0 Å². The van der Waals surface area contributed by atoms with Gasteiger partial charge in [0.25, 0.3) is 0 Å². The van der Waals surface area contributed by atoms with Gasteiger partial charge in [-0.2, -0.15) is 0 Å². The number of nitrogens with one attached hydrogen (secondary N) is 8.